The molecule has 0 aliphatic heterocycles. The second-order valence-corrected chi connectivity index (χ2v) is 5.63. The minimum atomic E-state index is 0.257. The lowest BCUT2D eigenvalue weighted by Gasteiger charge is -2.14. The third kappa shape index (κ3) is 7.34. The van der Waals surface area contributed by atoms with Gasteiger partial charge in [0.15, 0.2) is 0 Å². The number of unbranched alkanes of at least 4 members (excludes halogenated alkanes) is 2. The predicted molar refractivity (Wildman–Crippen MR) is 86.0 cm³/mol. The number of methoxy groups -OCH3 is 1. The van der Waals surface area contributed by atoms with E-state index in [1.54, 1.807) is 7.11 Å². The highest BCUT2D eigenvalue weighted by atomic mass is 16.5. The number of aliphatic hydroxyl groups excluding tert-OH is 1. The molecular weight excluding hydrogens is 266 g/mol. The van der Waals surface area contributed by atoms with Crippen molar-refractivity contribution < 1.29 is 14.6 Å². The van der Waals surface area contributed by atoms with Crippen LogP contribution in [0.15, 0.2) is 18.2 Å². The maximum absolute atomic E-state index is 8.76. The Bertz CT molecular complexity index is 394. The van der Waals surface area contributed by atoms with Crippen molar-refractivity contribution in [2.45, 2.75) is 39.7 Å². The fraction of sp³-hybridized carbons (Fsp3) is 0.647. The molecule has 120 valence electrons. The van der Waals surface area contributed by atoms with Crippen LogP contribution in [-0.2, 0) is 6.54 Å². The normalized spacial score (nSPS) is 10.9. The van der Waals surface area contributed by atoms with Crippen molar-refractivity contribution in [1.29, 1.82) is 0 Å². The molecule has 0 spiro atoms. The summed E-state index contributed by atoms with van der Waals surface area (Å²) in [7, 11) is 1.68. The Morgan fingerprint density at radius 1 is 1.19 bits per heavy atom. The minimum Gasteiger partial charge on any atom is -0.497 e. The van der Waals surface area contributed by atoms with Crippen molar-refractivity contribution >= 4 is 0 Å². The van der Waals surface area contributed by atoms with Crippen LogP contribution in [-0.4, -0.2) is 32.0 Å². The van der Waals surface area contributed by atoms with Crippen LogP contribution in [0.1, 0.15) is 38.7 Å². The average Bonchev–Trinajstić information content (AvgIpc) is 2.47. The van der Waals surface area contributed by atoms with Crippen LogP contribution in [0.3, 0.4) is 0 Å². The first-order chi connectivity index (χ1) is 10.2. The molecule has 21 heavy (non-hydrogen) atoms. The van der Waals surface area contributed by atoms with Gasteiger partial charge in [0.25, 0.3) is 0 Å². The molecule has 0 aromatic heterocycles. The van der Waals surface area contributed by atoms with Crippen LogP contribution in [0.4, 0.5) is 0 Å². The van der Waals surface area contributed by atoms with E-state index in [0.717, 1.165) is 49.4 Å². The number of rotatable bonds is 11. The lowest BCUT2D eigenvalue weighted by atomic mass is 10.1. The molecule has 0 atom stereocenters. The Labute approximate surface area is 128 Å². The largest absolute Gasteiger partial charge is 0.497 e. The molecule has 0 amide bonds. The molecule has 1 aromatic carbocycles. The Balaban J connectivity index is 2.54. The number of aliphatic hydroxyl groups is 1. The first-order valence-electron chi connectivity index (χ1n) is 7.78. The molecule has 0 bridgehead atoms. The van der Waals surface area contributed by atoms with E-state index in [2.05, 4.69) is 19.2 Å². The van der Waals surface area contributed by atoms with E-state index >= 15 is 0 Å². The number of nitrogens with one attached hydrogen (secondary N) is 1. The third-order valence-corrected chi connectivity index (χ3v) is 3.20. The predicted octanol–water partition coefficient (Wildman–Crippen LogP) is 2.98. The zero-order valence-electron chi connectivity index (χ0n) is 13.5. The number of benzene rings is 1. The van der Waals surface area contributed by atoms with Crippen molar-refractivity contribution in [2.75, 3.05) is 26.9 Å². The number of ether oxygens (including phenoxy) is 2. The molecular formula is C17H29NO3. The number of hydrogen-bond donors (Lipinski definition) is 2. The summed E-state index contributed by atoms with van der Waals surface area (Å²) < 4.78 is 11.1. The summed E-state index contributed by atoms with van der Waals surface area (Å²) >= 11 is 0. The maximum Gasteiger partial charge on any atom is 0.124 e. The summed E-state index contributed by atoms with van der Waals surface area (Å²) in [6.07, 6.45) is 2.80. The van der Waals surface area contributed by atoms with Crippen LogP contribution in [0.25, 0.3) is 0 Å². The highest BCUT2D eigenvalue weighted by molar-refractivity contribution is 5.40. The van der Waals surface area contributed by atoms with Gasteiger partial charge in [-0.25, -0.2) is 0 Å². The van der Waals surface area contributed by atoms with Crippen LogP contribution in [0.2, 0.25) is 0 Å². The molecule has 1 aromatic rings. The molecule has 0 saturated heterocycles. The van der Waals surface area contributed by atoms with Crippen LogP contribution < -0.4 is 14.8 Å². The van der Waals surface area contributed by atoms with Gasteiger partial charge in [-0.3, -0.25) is 0 Å². The lowest BCUT2D eigenvalue weighted by molar-refractivity contribution is 0.265. The van der Waals surface area contributed by atoms with Gasteiger partial charge in [-0.2, -0.15) is 0 Å². The smallest absolute Gasteiger partial charge is 0.124 e. The van der Waals surface area contributed by atoms with Gasteiger partial charge in [-0.05, 0) is 49.9 Å². The molecule has 0 fully saturated rings. The molecule has 0 unspecified atom stereocenters. The molecule has 4 nitrogen and oxygen atoms in total. The Kier molecular flexibility index (Phi) is 8.87. The highest BCUT2D eigenvalue weighted by Crippen LogP contribution is 2.24. The molecule has 0 heterocycles. The molecule has 0 aliphatic carbocycles. The van der Waals surface area contributed by atoms with Crippen molar-refractivity contribution in [3.8, 4) is 11.5 Å². The van der Waals surface area contributed by atoms with Gasteiger partial charge in [-0.15, -0.1) is 0 Å². The monoisotopic (exact) mass is 295 g/mol. The van der Waals surface area contributed by atoms with E-state index in [4.69, 9.17) is 14.6 Å². The van der Waals surface area contributed by atoms with Crippen molar-refractivity contribution in [1.82, 2.24) is 5.32 Å². The van der Waals surface area contributed by atoms with Gasteiger partial charge in [-0.1, -0.05) is 13.8 Å². The fourth-order valence-corrected chi connectivity index (χ4v) is 2.03. The molecule has 2 N–H and O–H groups in total. The van der Waals surface area contributed by atoms with Gasteiger partial charge in [0.2, 0.25) is 0 Å². The topological polar surface area (TPSA) is 50.7 Å². The van der Waals surface area contributed by atoms with Gasteiger partial charge in [0, 0.05) is 18.7 Å². The highest BCUT2D eigenvalue weighted by Gasteiger charge is 2.06. The van der Waals surface area contributed by atoms with Gasteiger partial charge in [0.05, 0.1) is 13.7 Å². The fourth-order valence-electron chi connectivity index (χ4n) is 2.03. The lowest BCUT2D eigenvalue weighted by Crippen LogP contribution is -2.19. The van der Waals surface area contributed by atoms with E-state index in [9.17, 15) is 0 Å². The Hall–Kier alpha value is -1.26. The second-order valence-electron chi connectivity index (χ2n) is 5.63. The Morgan fingerprint density at radius 2 is 2.00 bits per heavy atom. The summed E-state index contributed by atoms with van der Waals surface area (Å²) in [6.45, 7) is 7.08. The van der Waals surface area contributed by atoms with Crippen molar-refractivity contribution in [3.05, 3.63) is 23.8 Å². The van der Waals surface area contributed by atoms with Gasteiger partial charge >= 0.3 is 0 Å². The summed E-state index contributed by atoms with van der Waals surface area (Å²) in [5.74, 6) is 2.39. The van der Waals surface area contributed by atoms with E-state index < -0.39 is 0 Å². The summed E-state index contributed by atoms with van der Waals surface area (Å²) in [5.41, 5.74) is 1.12. The minimum absolute atomic E-state index is 0.257. The van der Waals surface area contributed by atoms with E-state index in [1.165, 1.54) is 0 Å². The summed E-state index contributed by atoms with van der Waals surface area (Å²) in [6, 6.07) is 5.92. The van der Waals surface area contributed by atoms with Crippen LogP contribution >= 0.6 is 0 Å². The quantitative estimate of drug-likeness (QED) is 0.616. The zero-order chi connectivity index (χ0) is 15.5. The SMILES string of the molecule is COc1ccc(OCCCCCO)c(CNCC(C)C)c1. The molecule has 0 radical (unpaired) electrons. The maximum atomic E-state index is 8.76. The molecule has 4 heteroatoms. The van der Waals surface area contributed by atoms with Crippen LogP contribution in [0, 0.1) is 5.92 Å². The standard InChI is InChI=1S/C17H29NO3/c1-14(2)12-18-13-15-11-16(20-3)7-8-17(15)21-10-6-4-5-9-19/h7-8,11,14,18-19H,4-6,9-10,12-13H2,1-3H3. The summed E-state index contributed by atoms with van der Waals surface area (Å²) in [5, 5.41) is 12.2. The Morgan fingerprint density at radius 3 is 2.67 bits per heavy atom. The van der Waals surface area contributed by atoms with E-state index in [0.29, 0.717) is 12.5 Å². The van der Waals surface area contributed by atoms with Gasteiger partial charge in [0.1, 0.15) is 11.5 Å². The van der Waals surface area contributed by atoms with Crippen molar-refractivity contribution in [2.24, 2.45) is 5.92 Å². The average molecular weight is 295 g/mol. The van der Waals surface area contributed by atoms with E-state index in [-0.39, 0.29) is 6.61 Å². The van der Waals surface area contributed by atoms with Gasteiger partial charge < -0.3 is 19.9 Å². The molecule has 0 aliphatic rings. The molecule has 0 saturated carbocycles. The van der Waals surface area contributed by atoms with Crippen LogP contribution in [0.5, 0.6) is 11.5 Å². The molecule has 1 rings (SSSR count). The first kappa shape index (κ1) is 17.8. The first-order valence-corrected chi connectivity index (χ1v) is 7.78. The van der Waals surface area contributed by atoms with E-state index in [1.807, 2.05) is 18.2 Å². The summed E-state index contributed by atoms with van der Waals surface area (Å²) in [4.78, 5) is 0. The van der Waals surface area contributed by atoms with Crippen molar-refractivity contribution in [3.63, 3.8) is 0 Å². The number of hydrogen-bond acceptors (Lipinski definition) is 4. The zero-order valence-corrected chi connectivity index (χ0v) is 13.5. The second kappa shape index (κ2) is 10.5. The third-order valence-electron chi connectivity index (χ3n) is 3.20.